The van der Waals surface area contributed by atoms with Gasteiger partial charge >= 0.3 is 12.0 Å². The van der Waals surface area contributed by atoms with E-state index in [4.69, 9.17) is 5.11 Å². The minimum Gasteiger partial charge on any atom is -0.478 e. The van der Waals surface area contributed by atoms with Crippen LogP contribution in [0.4, 0.5) is 10.5 Å². The lowest BCUT2D eigenvalue weighted by molar-refractivity contribution is -0.119. The number of carbonyl (C=O) groups is 3. The smallest absolute Gasteiger partial charge is 0.337 e. The molecule has 7 heteroatoms. The Morgan fingerprint density at radius 2 is 1.89 bits per heavy atom. The lowest BCUT2D eigenvalue weighted by atomic mass is 10.2. The molecule has 96 valence electrons. The highest BCUT2D eigenvalue weighted by Crippen LogP contribution is 2.14. The van der Waals surface area contributed by atoms with Crippen LogP contribution in [0.3, 0.4) is 0 Å². The molecule has 1 rings (SSSR count). The van der Waals surface area contributed by atoms with Gasteiger partial charge in [-0.2, -0.15) is 0 Å². The average molecular weight is 251 g/mol. The lowest BCUT2D eigenvalue weighted by Gasteiger charge is -2.09. The Balaban J connectivity index is 2.65. The summed E-state index contributed by atoms with van der Waals surface area (Å²) in [4.78, 5) is 33.2. The van der Waals surface area contributed by atoms with Crippen LogP contribution in [0, 0.1) is 0 Å². The van der Waals surface area contributed by atoms with Crippen LogP contribution in [0.15, 0.2) is 24.3 Å². The average Bonchev–Trinajstić information content (AvgIpc) is 2.36. The van der Waals surface area contributed by atoms with Crippen LogP contribution in [0.25, 0.3) is 0 Å². The van der Waals surface area contributed by atoms with Gasteiger partial charge in [-0.15, -0.1) is 0 Å². The number of carbonyl (C=O) groups excluding carboxylic acids is 2. The number of carboxylic acids is 1. The molecule has 18 heavy (non-hydrogen) atoms. The van der Waals surface area contributed by atoms with Crippen molar-refractivity contribution in [1.82, 2.24) is 10.6 Å². The molecule has 0 saturated carbocycles. The molecular formula is C11H13N3O4. The molecule has 7 nitrogen and oxygen atoms in total. The number of anilines is 1. The van der Waals surface area contributed by atoms with E-state index in [2.05, 4.69) is 16.0 Å². The van der Waals surface area contributed by atoms with Crippen molar-refractivity contribution in [2.45, 2.75) is 0 Å². The number of hydrogen-bond acceptors (Lipinski definition) is 3. The number of nitrogens with one attached hydrogen (secondary N) is 3. The van der Waals surface area contributed by atoms with Crippen molar-refractivity contribution in [3.05, 3.63) is 29.8 Å². The van der Waals surface area contributed by atoms with Gasteiger partial charge in [0.05, 0.1) is 17.8 Å². The van der Waals surface area contributed by atoms with E-state index >= 15 is 0 Å². The van der Waals surface area contributed by atoms with E-state index in [1.54, 1.807) is 12.1 Å². The van der Waals surface area contributed by atoms with Gasteiger partial charge in [0, 0.05) is 7.05 Å². The van der Waals surface area contributed by atoms with Crippen molar-refractivity contribution in [3.8, 4) is 0 Å². The zero-order valence-corrected chi connectivity index (χ0v) is 9.69. The predicted molar refractivity (Wildman–Crippen MR) is 64.5 cm³/mol. The molecule has 1 aromatic rings. The van der Waals surface area contributed by atoms with Crippen LogP contribution < -0.4 is 16.0 Å². The number of amides is 3. The molecule has 0 saturated heterocycles. The first-order valence-corrected chi connectivity index (χ1v) is 5.12. The molecule has 0 aliphatic rings. The minimum atomic E-state index is -1.14. The Morgan fingerprint density at radius 1 is 1.22 bits per heavy atom. The Bertz CT molecular complexity index is 473. The van der Waals surface area contributed by atoms with Gasteiger partial charge in [0.1, 0.15) is 0 Å². The van der Waals surface area contributed by atoms with Gasteiger partial charge in [-0.3, -0.25) is 4.79 Å². The summed E-state index contributed by atoms with van der Waals surface area (Å²) in [5, 5.41) is 15.9. The number of urea groups is 1. The fraction of sp³-hybridized carbons (Fsp3) is 0.182. The first kappa shape index (κ1) is 13.5. The molecule has 0 fully saturated rings. The summed E-state index contributed by atoms with van der Waals surface area (Å²) < 4.78 is 0. The molecule has 0 aliphatic carbocycles. The molecule has 0 radical (unpaired) electrons. The fourth-order valence-corrected chi connectivity index (χ4v) is 1.19. The van der Waals surface area contributed by atoms with E-state index in [1.807, 2.05) is 0 Å². The second kappa shape index (κ2) is 6.24. The second-order valence-electron chi connectivity index (χ2n) is 3.33. The largest absolute Gasteiger partial charge is 0.478 e. The topological polar surface area (TPSA) is 108 Å². The van der Waals surface area contributed by atoms with Crippen LogP contribution in [-0.4, -0.2) is 36.6 Å². The molecule has 0 bridgehead atoms. The van der Waals surface area contributed by atoms with E-state index in [0.717, 1.165) is 0 Å². The van der Waals surface area contributed by atoms with Crippen molar-refractivity contribution in [3.63, 3.8) is 0 Å². The first-order chi connectivity index (χ1) is 8.54. The Morgan fingerprint density at radius 3 is 2.50 bits per heavy atom. The monoisotopic (exact) mass is 251 g/mol. The molecule has 0 unspecified atom stereocenters. The molecule has 0 aromatic heterocycles. The van der Waals surface area contributed by atoms with Crippen molar-refractivity contribution in [2.24, 2.45) is 0 Å². The lowest BCUT2D eigenvalue weighted by Crippen LogP contribution is -2.37. The molecule has 3 amide bonds. The SMILES string of the molecule is CNC(=O)CNC(=O)Nc1ccccc1C(=O)O. The quantitative estimate of drug-likeness (QED) is 0.615. The number of para-hydroxylation sites is 1. The summed E-state index contributed by atoms with van der Waals surface area (Å²) in [6.45, 7) is -0.183. The van der Waals surface area contributed by atoms with Crippen molar-refractivity contribution in [2.75, 3.05) is 18.9 Å². The van der Waals surface area contributed by atoms with Crippen molar-refractivity contribution in [1.29, 1.82) is 0 Å². The van der Waals surface area contributed by atoms with Crippen LogP contribution >= 0.6 is 0 Å². The second-order valence-corrected chi connectivity index (χ2v) is 3.33. The molecule has 0 atom stereocenters. The van der Waals surface area contributed by atoms with Crippen LogP contribution in [0.2, 0.25) is 0 Å². The molecule has 0 spiro atoms. The molecular weight excluding hydrogens is 238 g/mol. The molecule has 1 aromatic carbocycles. The maximum absolute atomic E-state index is 11.4. The summed E-state index contributed by atoms with van der Waals surface area (Å²) in [6.07, 6.45) is 0. The number of benzene rings is 1. The normalized spacial score (nSPS) is 9.39. The summed E-state index contributed by atoms with van der Waals surface area (Å²) in [6, 6.07) is 5.34. The van der Waals surface area contributed by atoms with E-state index in [-0.39, 0.29) is 23.7 Å². The minimum absolute atomic E-state index is 0.0207. The number of likely N-dealkylation sites (N-methyl/N-ethyl adjacent to an activating group) is 1. The van der Waals surface area contributed by atoms with Gasteiger partial charge in [-0.05, 0) is 12.1 Å². The van der Waals surface area contributed by atoms with E-state index in [0.29, 0.717) is 0 Å². The van der Waals surface area contributed by atoms with E-state index in [1.165, 1.54) is 19.2 Å². The van der Waals surface area contributed by atoms with E-state index < -0.39 is 12.0 Å². The third kappa shape index (κ3) is 3.78. The van der Waals surface area contributed by atoms with Crippen molar-refractivity contribution < 1.29 is 19.5 Å². The summed E-state index contributed by atoms with van der Waals surface area (Å²) in [5.41, 5.74) is 0.145. The highest BCUT2D eigenvalue weighted by Gasteiger charge is 2.11. The number of rotatable bonds is 4. The standard InChI is InChI=1S/C11H13N3O4/c1-12-9(15)6-13-11(18)14-8-5-3-2-4-7(8)10(16)17/h2-5H,6H2,1H3,(H,12,15)(H,16,17)(H2,13,14,18). The van der Waals surface area contributed by atoms with Gasteiger partial charge in [0.25, 0.3) is 0 Å². The zero-order chi connectivity index (χ0) is 13.5. The van der Waals surface area contributed by atoms with E-state index in [9.17, 15) is 14.4 Å². The number of carboxylic acid groups (broad SMARTS) is 1. The van der Waals surface area contributed by atoms with Gasteiger partial charge in [-0.25, -0.2) is 9.59 Å². The molecule has 0 heterocycles. The summed E-state index contributed by atoms with van der Waals surface area (Å²) >= 11 is 0. The highest BCUT2D eigenvalue weighted by atomic mass is 16.4. The summed E-state index contributed by atoms with van der Waals surface area (Å²) in [5.74, 6) is -1.49. The Kier molecular flexibility index (Phi) is 4.67. The number of aromatic carboxylic acids is 1. The van der Waals surface area contributed by atoms with Crippen LogP contribution in [0.5, 0.6) is 0 Å². The number of hydrogen-bond donors (Lipinski definition) is 4. The first-order valence-electron chi connectivity index (χ1n) is 5.12. The van der Waals surface area contributed by atoms with Gasteiger partial charge in [0.2, 0.25) is 5.91 Å². The zero-order valence-electron chi connectivity index (χ0n) is 9.69. The van der Waals surface area contributed by atoms with Gasteiger partial charge < -0.3 is 21.1 Å². The van der Waals surface area contributed by atoms with Gasteiger partial charge in [-0.1, -0.05) is 12.1 Å². The third-order valence-corrected chi connectivity index (χ3v) is 2.09. The van der Waals surface area contributed by atoms with Gasteiger partial charge in [0.15, 0.2) is 0 Å². The maximum Gasteiger partial charge on any atom is 0.337 e. The fourth-order valence-electron chi connectivity index (χ4n) is 1.19. The maximum atomic E-state index is 11.4. The summed E-state index contributed by atoms with van der Waals surface area (Å²) in [7, 11) is 1.45. The Labute approximate surface area is 103 Å². The molecule has 0 aliphatic heterocycles. The third-order valence-electron chi connectivity index (χ3n) is 2.09. The van der Waals surface area contributed by atoms with Crippen molar-refractivity contribution >= 4 is 23.6 Å². The van der Waals surface area contributed by atoms with Crippen LogP contribution in [-0.2, 0) is 4.79 Å². The molecule has 4 N–H and O–H groups in total. The Hall–Kier alpha value is -2.57. The highest BCUT2D eigenvalue weighted by molar-refractivity contribution is 6.00. The van der Waals surface area contributed by atoms with Crippen LogP contribution in [0.1, 0.15) is 10.4 Å². The predicted octanol–water partition coefficient (Wildman–Crippen LogP) is 0.252.